The number of fused-ring (bicyclic) bond motifs is 1. The van der Waals surface area contributed by atoms with Crippen LogP contribution in [0.3, 0.4) is 0 Å². The van der Waals surface area contributed by atoms with E-state index in [1.807, 2.05) is 12.1 Å². The zero-order chi connectivity index (χ0) is 18.0. The van der Waals surface area contributed by atoms with Crippen molar-refractivity contribution < 1.29 is 13.2 Å². The topological polar surface area (TPSA) is 87.6 Å². The summed E-state index contributed by atoms with van der Waals surface area (Å²) in [4.78, 5) is 12.0. The third-order valence-corrected chi connectivity index (χ3v) is 6.20. The van der Waals surface area contributed by atoms with Gasteiger partial charge in [-0.2, -0.15) is 8.42 Å². The molecule has 3 rings (SSSR count). The number of rotatable bonds is 3. The van der Waals surface area contributed by atoms with E-state index in [4.69, 9.17) is 11.6 Å². The van der Waals surface area contributed by atoms with Crippen LogP contribution in [0, 0.1) is 0 Å². The molecule has 2 aromatic rings. The van der Waals surface area contributed by atoms with Gasteiger partial charge in [-0.15, -0.1) is 4.40 Å². The molecule has 0 aliphatic carbocycles. The Balaban J connectivity index is 1.66. The largest absolute Gasteiger partial charge is 0.333 e. The number of benzene rings is 2. The quantitative estimate of drug-likeness (QED) is 0.724. The number of amides is 1. The summed E-state index contributed by atoms with van der Waals surface area (Å²) >= 11 is 10.1. The van der Waals surface area contributed by atoms with E-state index in [-0.39, 0.29) is 21.7 Å². The van der Waals surface area contributed by atoms with Crippen molar-refractivity contribution in [2.75, 3.05) is 16.4 Å². The molecule has 130 valence electrons. The van der Waals surface area contributed by atoms with E-state index >= 15 is 0 Å². The number of nitrogens with zero attached hydrogens (tertiary/aromatic N) is 1. The first-order chi connectivity index (χ1) is 11.8. The molecule has 1 aliphatic heterocycles. The molecule has 0 aromatic heterocycles. The minimum absolute atomic E-state index is 0.0142. The summed E-state index contributed by atoms with van der Waals surface area (Å²) in [6.07, 6.45) is 0. The number of halogens is 2. The molecule has 6 nitrogen and oxygen atoms in total. The van der Waals surface area contributed by atoms with Crippen molar-refractivity contribution in [3.05, 3.63) is 52.0 Å². The second kappa shape index (κ2) is 7.36. The summed E-state index contributed by atoms with van der Waals surface area (Å²) in [6, 6.07) is 11.6. The van der Waals surface area contributed by atoms with E-state index in [0.29, 0.717) is 16.4 Å². The first kappa shape index (κ1) is 18.2. The van der Waals surface area contributed by atoms with Crippen molar-refractivity contribution in [2.45, 2.75) is 4.90 Å². The molecule has 0 fully saturated rings. The Morgan fingerprint density at radius 2 is 1.96 bits per heavy atom. The van der Waals surface area contributed by atoms with E-state index in [0.717, 1.165) is 16.2 Å². The van der Waals surface area contributed by atoms with Gasteiger partial charge in [0, 0.05) is 15.2 Å². The summed E-state index contributed by atoms with van der Waals surface area (Å²) in [7, 11) is -3.84. The molecule has 25 heavy (non-hydrogen) atoms. The fourth-order valence-electron chi connectivity index (χ4n) is 2.04. The van der Waals surface area contributed by atoms with E-state index in [1.165, 1.54) is 6.07 Å². The number of carbonyl (C=O) groups is 1. The molecule has 1 aliphatic rings. The van der Waals surface area contributed by atoms with Crippen LogP contribution in [0.5, 0.6) is 0 Å². The molecule has 1 heterocycles. The van der Waals surface area contributed by atoms with Gasteiger partial charge in [0.15, 0.2) is 5.17 Å². The van der Waals surface area contributed by atoms with Crippen molar-refractivity contribution in [1.82, 2.24) is 0 Å². The normalized spacial score (nSPS) is 14.9. The van der Waals surface area contributed by atoms with Crippen LogP contribution in [0.2, 0.25) is 5.02 Å². The Morgan fingerprint density at radius 3 is 2.68 bits per heavy atom. The Kier molecular flexibility index (Phi) is 5.38. The lowest BCUT2D eigenvalue weighted by molar-refractivity contribution is -0.113. The first-order valence-electron chi connectivity index (χ1n) is 6.93. The summed E-state index contributed by atoms with van der Waals surface area (Å²) in [5.74, 6) is -0.253. The molecule has 2 aromatic carbocycles. The Morgan fingerprint density at radius 1 is 1.24 bits per heavy atom. The molecule has 0 saturated carbocycles. The van der Waals surface area contributed by atoms with Crippen LogP contribution in [-0.2, 0) is 14.8 Å². The van der Waals surface area contributed by atoms with Gasteiger partial charge in [-0.05, 0) is 42.5 Å². The zero-order valence-electron chi connectivity index (χ0n) is 12.5. The SMILES string of the molecule is O=C(CSC1=NS(=O)(=O)c2cc(Cl)ccc2N1)Nc1ccc(Br)cc1. The molecule has 0 atom stereocenters. The number of amidine groups is 1. The van der Waals surface area contributed by atoms with E-state index in [2.05, 4.69) is 31.0 Å². The van der Waals surface area contributed by atoms with Crippen LogP contribution in [0.15, 0.2) is 56.2 Å². The molecule has 0 bridgehead atoms. The summed E-state index contributed by atoms with van der Waals surface area (Å²) in [5, 5.41) is 6.07. The van der Waals surface area contributed by atoms with Crippen molar-refractivity contribution >= 4 is 71.8 Å². The fraction of sp³-hybridized carbons (Fsp3) is 0.0667. The lowest BCUT2D eigenvalue weighted by atomic mass is 10.3. The van der Waals surface area contributed by atoms with E-state index < -0.39 is 10.0 Å². The highest BCUT2D eigenvalue weighted by atomic mass is 79.9. The van der Waals surface area contributed by atoms with Crippen molar-refractivity contribution in [3.63, 3.8) is 0 Å². The van der Waals surface area contributed by atoms with Gasteiger partial charge in [0.1, 0.15) is 4.90 Å². The predicted molar refractivity (Wildman–Crippen MR) is 105 cm³/mol. The van der Waals surface area contributed by atoms with E-state index in [1.54, 1.807) is 24.3 Å². The average Bonchev–Trinajstić information content (AvgIpc) is 2.55. The molecule has 2 N–H and O–H groups in total. The van der Waals surface area contributed by atoms with Gasteiger partial charge in [0.2, 0.25) is 5.91 Å². The van der Waals surface area contributed by atoms with Gasteiger partial charge in [0.25, 0.3) is 10.0 Å². The van der Waals surface area contributed by atoms with Crippen molar-refractivity contribution in [1.29, 1.82) is 0 Å². The number of hydrogen-bond donors (Lipinski definition) is 2. The molecule has 0 spiro atoms. The van der Waals surface area contributed by atoms with Crippen molar-refractivity contribution in [3.8, 4) is 0 Å². The highest BCUT2D eigenvalue weighted by Crippen LogP contribution is 2.31. The second-order valence-electron chi connectivity index (χ2n) is 4.98. The maximum atomic E-state index is 12.2. The maximum Gasteiger partial charge on any atom is 0.286 e. The van der Waals surface area contributed by atoms with Crippen LogP contribution < -0.4 is 10.6 Å². The highest BCUT2D eigenvalue weighted by molar-refractivity contribution is 9.10. The standard InChI is InChI=1S/C15H11BrClN3O3S2/c16-9-1-4-11(5-2-9)18-14(21)8-24-15-19-12-6-3-10(17)7-13(12)25(22,23)20-15/h1-7H,8H2,(H,18,21)(H,19,20). The zero-order valence-corrected chi connectivity index (χ0v) is 16.5. The number of carbonyl (C=O) groups excluding carboxylic acids is 1. The van der Waals surface area contributed by atoms with Crippen LogP contribution >= 0.6 is 39.3 Å². The van der Waals surface area contributed by atoms with Gasteiger partial charge in [0.05, 0.1) is 11.4 Å². The molecule has 0 unspecified atom stereocenters. The lowest BCUT2D eigenvalue weighted by Gasteiger charge is -2.17. The Hall–Kier alpha value is -1.55. The summed E-state index contributed by atoms with van der Waals surface area (Å²) in [5.41, 5.74) is 1.04. The average molecular weight is 461 g/mol. The van der Waals surface area contributed by atoms with Crippen LogP contribution in [-0.4, -0.2) is 25.2 Å². The lowest BCUT2D eigenvalue weighted by Crippen LogP contribution is -2.22. The third-order valence-electron chi connectivity index (χ3n) is 3.13. The smallest absolute Gasteiger partial charge is 0.286 e. The summed E-state index contributed by atoms with van der Waals surface area (Å²) in [6.45, 7) is 0. The molecule has 10 heteroatoms. The summed E-state index contributed by atoms with van der Waals surface area (Å²) < 4.78 is 29.0. The predicted octanol–water partition coefficient (Wildman–Crippen LogP) is 3.94. The number of sulfonamides is 1. The van der Waals surface area contributed by atoms with Crippen LogP contribution in [0.4, 0.5) is 11.4 Å². The van der Waals surface area contributed by atoms with E-state index in [9.17, 15) is 13.2 Å². The minimum Gasteiger partial charge on any atom is -0.333 e. The van der Waals surface area contributed by atoms with Gasteiger partial charge < -0.3 is 10.6 Å². The Bertz CT molecular complexity index is 962. The van der Waals surface area contributed by atoms with Gasteiger partial charge in [-0.1, -0.05) is 39.3 Å². The molecule has 1 amide bonds. The number of nitrogens with one attached hydrogen (secondary N) is 2. The molecular weight excluding hydrogens is 450 g/mol. The highest BCUT2D eigenvalue weighted by Gasteiger charge is 2.25. The van der Waals surface area contributed by atoms with Crippen LogP contribution in [0.25, 0.3) is 0 Å². The maximum absolute atomic E-state index is 12.2. The van der Waals surface area contributed by atoms with Crippen LogP contribution in [0.1, 0.15) is 0 Å². The first-order valence-corrected chi connectivity index (χ1v) is 10.5. The van der Waals surface area contributed by atoms with Gasteiger partial charge >= 0.3 is 0 Å². The number of anilines is 2. The fourth-order valence-corrected chi connectivity index (χ4v) is 4.60. The molecule has 0 saturated heterocycles. The molecule has 0 radical (unpaired) electrons. The second-order valence-corrected chi connectivity index (χ2v) is 8.87. The number of thioether (sulfide) groups is 1. The van der Waals surface area contributed by atoms with Gasteiger partial charge in [-0.25, -0.2) is 0 Å². The third kappa shape index (κ3) is 4.55. The minimum atomic E-state index is -3.84. The van der Waals surface area contributed by atoms with Gasteiger partial charge in [-0.3, -0.25) is 4.79 Å². The number of hydrogen-bond acceptors (Lipinski definition) is 5. The Labute approximate surface area is 162 Å². The van der Waals surface area contributed by atoms with Crippen molar-refractivity contribution in [2.24, 2.45) is 4.40 Å². The monoisotopic (exact) mass is 459 g/mol. The molecular formula is C15H11BrClN3O3S2.